The minimum atomic E-state index is -1.21. The average Bonchev–Trinajstić information content (AvgIpc) is 2.86. The van der Waals surface area contributed by atoms with Crippen molar-refractivity contribution in [2.75, 3.05) is 13.1 Å². The normalized spacial score (nSPS) is 11.5. The molecule has 2 aromatic carbocycles. The number of aromatic hydroxyl groups is 1. The molecule has 3 aromatic rings. The van der Waals surface area contributed by atoms with Crippen molar-refractivity contribution in [2.45, 2.75) is 32.7 Å². The second kappa shape index (κ2) is 11.8. The van der Waals surface area contributed by atoms with Gasteiger partial charge in [0.1, 0.15) is 17.4 Å². The number of amides is 3. The van der Waals surface area contributed by atoms with Crippen LogP contribution in [-0.4, -0.2) is 53.0 Å². The van der Waals surface area contributed by atoms with Gasteiger partial charge in [0.05, 0.1) is 25.1 Å². The van der Waals surface area contributed by atoms with Gasteiger partial charge in [-0.2, -0.15) is 0 Å². The van der Waals surface area contributed by atoms with E-state index in [0.29, 0.717) is 16.5 Å². The van der Waals surface area contributed by atoms with Crippen molar-refractivity contribution in [3.05, 3.63) is 75.1 Å². The number of hydrogen-bond acceptors (Lipinski definition) is 7. The predicted octanol–water partition coefficient (Wildman–Crippen LogP) is 0.702. The third kappa shape index (κ3) is 6.94. The van der Waals surface area contributed by atoms with Gasteiger partial charge in [0, 0.05) is 17.4 Å². The second-order valence-corrected chi connectivity index (χ2v) is 8.46. The van der Waals surface area contributed by atoms with Crippen LogP contribution in [0.1, 0.15) is 22.3 Å². The summed E-state index contributed by atoms with van der Waals surface area (Å²) in [6, 6.07) is 10.7. The molecule has 0 saturated heterocycles. The van der Waals surface area contributed by atoms with E-state index in [9.17, 15) is 34.2 Å². The molecule has 0 aliphatic rings. The Morgan fingerprint density at radius 2 is 1.54 bits per heavy atom. The van der Waals surface area contributed by atoms with E-state index in [2.05, 4.69) is 16.0 Å². The van der Waals surface area contributed by atoms with Crippen molar-refractivity contribution in [1.29, 1.82) is 0 Å². The fourth-order valence-corrected chi connectivity index (χ4v) is 3.72. The summed E-state index contributed by atoms with van der Waals surface area (Å²) in [6.45, 7) is 2.33. The Morgan fingerprint density at radius 3 is 2.22 bits per heavy atom. The molecule has 11 nitrogen and oxygen atoms in total. The van der Waals surface area contributed by atoms with E-state index >= 15 is 0 Å². The molecular weight excluding hydrogens is 482 g/mol. The number of rotatable bonds is 10. The summed E-state index contributed by atoms with van der Waals surface area (Å²) in [6.07, 6.45) is -0.258. The molecular formula is C26H27N3O8. The Bertz CT molecular complexity index is 1400. The Balaban J connectivity index is 1.50. The number of carboxylic acid groups (broad SMARTS) is 1. The highest BCUT2D eigenvalue weighted by atomic mass is 16.4. The average molecular weight is 510 g/mol. The first-order valence-corrected chi connectivity index (χ1v) is 11.4. The molecule has 37 heavy (non-hydrogen) atoms. The number of carboxylic acids is 1. The Labute approximate surface area is 211 Å². The number of carbonyl (C=O) groups is 4. The minimum Gasteiger partial charge on any atom is -0.508 e. The lowest BCUT2D eigenvalue weighted by atomic mass is 10.0. The number of carbonyl (C=O) groups excluding carboxylic acids is 3. The van der Waals surface area contributed by atoms with Crippen LogP contribution in [0.15, 0.2) is 51.7 Å². The van der Waals surface area contributed by atoms with Crippen LogP contribution in [0.3, 0.4) is 0 Å². The van der Waals surface area contributed by atoms with Crippen molar-refractivity contribution in [3.8, 4) is 5.75 Å². The molecule has 0 saturated carbocycles. The van der Waals surface area contributed by atoms with Crippen LogP contribution in [0.5, 0.6) is 5.75 Å². The van der Waals surface area contributed by atoms with E-state index in [-0.39, 0.29) is 29.7 Å². The van der Waals surface area contributed by atoms with Crippen molar-refractivity contribution in [1.82, 2.24) is 16.0 Å². The van der Waals surface area contributed by atoms with Gasteiger partial charge >= 0.3 is 11.6 Å². The third-order valence-corrected chi connectivity index (χ3v) is 5.82. The number of fused-ring (bicyclic) bond motifs is 1. The van der Waals surface area contributed by atoms with E-state index < -0.39 is 48.4 Å². The summed E-state index contributed by atoms with van der Waals surface area (Å²) in [5.74, 6) is -3.22. The smallest absolute Gasteiger partial charge is 0.340 e. The maximum absolute atomic E-state index is 12.4. The molecule has 0 radical (unpaired) electrons. The lowest BCUT2D eigenvalue weighted by Crippen LogP contribution is -2.47. The van der Waals surface area contributed by atoms with Gasteiger partial charge in [-0.25, -0.2) is 9.59 Å². The third-order valence-electron chi connectivity index (χ3n) is 5.82. The number of phenolic OH excluding ortho intramolecular Hbond substituents is 1. The number of phenols is 1. The minimum absolute atomic E-state index is 0.0186. The van der Waals surface area contributed by atoms with Crippen LogP contribution in [0.4, 0.5) is 0 Å². The standard InChI is InChI=1S/C26H27N3O8/c1-14-17-8-9-20(30)15(2)24(17)37-26(36)18(14)11-21(31)27-12-22(32)28-13-23(33)29-19(25(34)35)10-16-6-4-3-5-7-16/h3-9,19,30H,10-13H2,1-2H3,(H,27,31)(H,28,32)(H,29,33)(H,34,35). The molecule has 0 spiro atoms. The van der Waals surface area contributed by atoms with Crippen molar-refractivity contribution >= 4 is 34.7 Å². The van der Waals surface area contributed by atoms with Crippen molar-refractivity contribution in [3.63, 3.8) is 0 Å². The molecule has 3 rings (SSSR count). The van der Waals surface area contributed by atoms with Crippen LogP contribution in [-0.2, 0) is 32.0 Å². The summed E-state index contributed by atoms with van der Waals surface area (Å²) < 4.78 is 5.30. The van der Waals surface area contributed by atoms with Gasteiger partial charge in [0.15, 0.2) is 0 Å². The summed E-state index contributed by atoms with van der Waals surface area (Å²) in [4.78, 5) is 60.4. The molecule has 1 aromatic heterocycles. The number of nitrogens with one attached hydrogen (secondary N) is 3. The molecule has 1 atom stereocenters. The van der Waals surface area contributed by atoms with Crippen LogP contribution >= 0.6 is 0 Å². The number of hydrogen-bond donors (Lipinski definition) is 5. The van der Waals surface area contributed by atoms with E-state index in [1.54, 1.807) is 50.2 Å². The molecule has 0 aliphatic heterocycles. The molecule has 194 valence electrons. The number of benzene rings is 2. The van der Waals surface area contributed by atoms with Crippen LogP contribution in [0.2, 0.25) is 0 Å². The first-order chi connectivity index (χ1) is 17.6. The zero-order valence-corrected chi connectivity index (χ0v) is 20.3. The summed E-state index contributed by atoms with van der Waals surface area (Å²) in [7, 11) is 0. The molecule has 11 heteroatoms. The van der Waals surface area contributed by atoms with Gasteiger partial charge < -0.3 is 30.6 Å². The lowest BCUT2D eigenvalue weighted by Gasteiger charge is -2.15. The quantitative estimate of drug-likeness (QED) is 0.248. The predicted molar refractivity (Wildman–Crippen MR) is 133 cm³/mol. The number of aliphatic carboxylic acids is 1. The molecule has 5 N–H and O–H groups in total. The highest BCUT2D eigenvalue weighted by Crippen LogP contribution is 2.28. The van der Waals surface area contributed by atoms with Crippen LogP contribution in [0, 0.1) is 13.8 Å². The van der Waals surface area contributed by atoms with Gasteiger partial charge in [0.25, 0.3) is 0 Å². The molecule has 1 heterocycles. The first-order valence-electron chi connectivity index (χ1n) is 11.4. The largest absolute Gasteiger partial charge is 0.508 e. The molecule has 3 amide bonds. The van der Waals surface area contributed by atoms with Crippen LogP contribution in [0.25, 0.3) is 11.0 Å². The molecule has 0 fully saturated rings. The van der Waals surface area contributed by atoms with E-state index in [4.69, 9.17) is 4.42 Å². The maximum atomic E-state index is 12.4. The van der Waals surface area contributed by atoms with E-state index in [0.717, 1.165) is 5.56 Å². The highest BCUT2D eigenvalue weighted by Gasteiger charge is 2.21. The summed E-state index contributed by atoms with van der Waals surface area (Å²) >= 11 is 0. The van der Waals surface area contributed by atoms with Gasteiger partial charge in [0.2, 0.25) is 17.7 Å². The zero-order valence-electron chi connectivity index (χ0n) is 20.3. The zero-order chi connectivity index (χ0) is 27.1. The Hall–Kier alpha value is -4.67. The maximum Gasteiger partial charge on any atom is 0.340 e. The van der Waals surface area contributed by atoms with Gasteiger partial charge in [-0.05, 0) is 37.1 Å². The van der Waals surface area contributed by atoms with Crippen LogP contribution < -0.4 is 21.6 Å². The van der Waals surface area contributed by atoms with E-state index in [1.165, 1.54) is 6.07 Å². The first kappa shape index (κ1) is 26.9. The summed E-state index contributed by atoms with van der Waals surface area (Å²) in [5, 5.41) is 26.8. The molecule has 0 bridgehead atoms. The van der Waals surface area contributed by atoms with E-state index in [1.807, 2.05) is 0 Å². The topological polar surface area (TPSA) is 175 Å². The monoisotopic (exact) mass is 509 g/mol. The van der Waals surface area contributed by atoms with Gasteiger partial charge in [-0.15, -0.1) is 0 Å². The van der Waals surface area contributed by atoms with Gasteiger partial charge in [-0.1, -0.05) is 30.3 Å². The summed E-state index contributed by atoms with van der Waals surface area (Å²) in [5.41, 5.74) is 1.29. The number of aryl methyl sites for hydroxylation is 2. The molecule has 1 unspecified atom stereocenters. The van der Waals surface area contributed by atoms with Gasteiger partial charge in [-0.3, -0.25) is 14.4 Å². The lowest BCUT2D eigenvalue weighted by molar-refractivity contribution is -0.141. The fraction of sp³-hybridized carbons (Fsp3) is 0.269. The Kier molecular flexibility index (Phi) is 8.62. The SMILES string of the molecule is Cc1c(CC(=O)NCC(=O)NCC(=O)NC(Cc2ccccc2)C(=O)O)c(=O)oc2c(C)c(O)ccc12. The van der Waals surface area contributed by atoms with Crippen molar-refractivity contribution < 1.29 is 33.8 Å². The second-order valence-electron chi connectivity index (χ2n) is 8.46. The Morgan fingerprint density at radius 1 is 0.892 bits per heavy atom. The van der Waals surface area contributed by atoms with Crippen molar-refractivity contribution in [2.24, 2.45) is 0 Å². The molecule has 0 aliphatic carbocycles. The fourth-order valence-electron chi connectivity index (χ4n) is 3.72. The highest BCUT2D eigenvalue weighted by molar-refractivity contribution is 5.91.